The van der Waals surface area contributed by atoms with Gasteiger partial charge in [0.2, 0.25) is 5.91 Å². The molecule has 0 aliphatic carbocycles. The Labute approximate surface area is 139 Å². The topological polar surface area (TPSA) is 68.3 Å². The molecule has 0 spiro atoms. The summed E-state index contributed by atoms with van der Waals surface area (Å²) in [6.45, 7) is 4.10. The van der Waals surface area contributed by atoms with Crippen molar-refractivity contribution in [2.24, 2.45) is 0 Å². The van der Waals surface area contributed by atoms with Crippen LogP contribution in [0.15, 0.2) is 23.6 Å². The Morgan fingerprint density at radius 2 is 2.04 bits per heavy atom. The highest BCUT2D eigenvalue weighted by molar-refractivity contribution is 7.14. The number of amides is 1. The van der Waals surface area contributed by atoms with Gasteiger partial charge in [-0.1, -0.05) is 23.8 Å². The molecule has 0 bridgehead atoms. The van der Waals surface area contributed by atoms with Crippen LogP contribution in [0.4, 0.5) is 5.13 Å². The number of aryl methyl sites for hydroxylation is 2. The van der Waals surface area contributed by atoms with Gasteiger partial charge >= 0.3 is 5.97 Å². The molecule has 1 aromatic carbocycles. The van der Waals surface area contributed by atoms with E-state index in [2.05, 4.69) is 28.0 Å². The lowest BCUT2D eigenvalue weighted by Crippen LogP contribution is -2.12. The lowest BCUT2D eigenvalue weighted by atomic mass is 10.0. The van der Waals surface area contributed by atoms with Crippen molar-refractivity contribution in [2.75, 3.05) is 12.4 Å². The molecule has 5 nitrogen and oxygen atoms in total. The molecule has 6 heteroatoms. The van der Waals surface area contributed by atoms with Gasteiger partial charge in [-0.15, -0.1) is 11.3 Å². The summed E-state index contributed by atoms with van der Waals surface area (Å²) in [6, 6.07) is 6.20. The number of carbonyl (C=O) groups excluding carboxylic acids is 2. The first-order valence-corrected chi connectivity index (χ1v) is 8.27. The monoisotopic (exact) mass is 332 g/mol. The zero-order chi connectivity index (χ0) is 16.8. The van der Waals surface area contributed by atoms with E-state index in [4.69, 9.17) is 0 Å². The van der Waals surface area contributed by atoms with E-state index in [1.54, 1.807) is 0 Å². The lowest BCUT2D eigenvalue weighted by Gasteiger charge is -2.04. The highest BCUT2D eigenvalue weighted by atomic mass is 32.1. The fourth-order valence-electron chi connectivity index (χ4n) is 2.23. The number of esters is 1. The first-order valence-electron chi connectivity index (χ1n) is 7.39. The summed E-state index contributed by atoms with van der Waals surface area (Å²) >= 11 is 1.40. The van der Waals surface area contributed by atoms with Gasteiger partial charge in [-0.25, -0.2) is 4.98 Å². The molecule has 122 valence electrons. The van der Waals surface area contributed by atoms with Gasteiger partial charge in [0.25, 0.3) is 0 Å². The van der Waals surface area contributed by atoms with Crippen molar-refractivity contribution in [3.05, 3.63) is 34.7 Å². The quantitative estimate of drug-likeness (QED) is 0.819. The van der Waals surface area contributed by atoms with E-state index in [0.717, 1.165) is 16.8 Å². The maximum Gasteiger partial charge on any atom is 0.305 e. The van der Waals surface area contributed by atoms with Crippen LogP contribution in [0.3, 0.4) is 0 Å². The minimum Gasteiger partial charge on any atom is -0.469 e. The van der Waals surface area contributed by atoms with Gasteiger partial charge in [-0.3, -0.25) is 9.59 Å². The summed E-state index contributed by atoms with van der Waals surface area (Å²) in [5.41, 5.74) is 4.29. The molecule has 2 rings (SSSR count). The van der Waals surface area contributed by atoms with Crippen molar-refractivity contribution < 1.29 is 14.3 Å². The fourth-order valence-corrected chi connectivity index (χ4v) is 2.96. The zero-order valence-corrected chi connectivity index (χ0v) is 14.3. The van der Waals surface area contributed by atoms with E-state index in [0.29, 0.717) is 11.6 Å². The molecule has 1 aromatic heterocycles. The second-order valence-corrected chi connectivity index (χ2v) is 6.19. The van der Waals surface area contributed by atoms with Crippen LogP contribution < -0.4 is 5.32 Å². The number of rotatable bonds is 6. The second-order valence-electron chi connectivity index (χ2n) is 5.33. The number of hydrogen-bond donors (Lipinski definition) is 1. The number of anilines is 1. The minimum absolute atomic E-state index is 0.143. The van der Waals surface area contributed by atoms with Crippen LogP contribution >= 0.6 is 11.3 Å². The van der Waals surface area contributed by atoms with Crippen LogP contribution in [-0.2, 0) is 14.3 Å². The molecule has 0 atom stereocenters. The fraction of sp³-hybridized carbons (Fsp3) is 0.353. The minimum atomic E-state index is -0.302. The summed E-state index contributed by atoms with van der Waals surface area (Å²) in [7, 11) is 1.34. The maximum atomic E-state index is 11.8. The number of nitrogens with zero attached hydrogens (tertiary/aromatic N) is 1. The number of benzene rings is 1. The normalized spacial score (nSPS) is 10.4. The van der Waals surface area contributed by atoms with Gasteiger partial charge in [-0.05, 0) is 25.8 Å². The molecule has 1 N–H and O–H groups in total. The lowest BCUT2D eigenvalue weighted by molar-refractivity contribution is -0.140. The average Bonchev–Trinajstić information content (AvgIpc) is 2.95. The van der Waals surface area contributed by atoms with Gasteiger partial charge in [0, 0.05) is 23.8 Å². The van der Waals surface area contributed by atoms with Gasteiger partial charge in [0.05, 0.1) is 12.8 Å². The molecule has 0 unspecified atom stereocenters. The largest absolute Gasteiger partial charge is 0.469 e. The summed E-state index contributed by atoms with van der Waals surface area (Å²) in [5.74, 6) is -0.445. The van der Waals surface area contributed by atoms with Crippen LogP contribution in [-0.4, -0.2) is 24.0 Å². The van der Waals surface area contributed by atoms with Crippen molar-refractivity contribution in [1.82, 2.24) is 4.98 Å². The van der Waals surface area contributed by atoms with Crippen molar-refractivity contribution in [1.29, 1.82) is 0 Å². The number of ether oxygens (including phenoxy) is 1. The molecular weight excluding hydrogens is 312 g/mol. The van der Waals surface area contributed by atoms with Gasteiger partial charge in [0.15, 0.2) is 5.13 Å². The van der Waals surface area contributed by atoms with E-state index in [9.17, 15) is 9.59 Å². The molecule has 0 saturated carbocycles. The highest BCUT2D eigenvalue weighted by Crippen LogP contribution is 2.28. The number of carbonyl (C=O) groups is 2. The molecule has 23 heavy (non-hydrogen) atoms. The molecular formula is C17H20N2O3S. The summed E-state index contributed by atoms with van der Waals surface area (Å²) in [4.78, 5) is 27.3. The van der Waals surface area contributed by atoms with Gasteiger partial charge < -0.3 is 10.1 Å². The van der Waals surface area contributed by atoms with Crippen LogP contribution in [0.1, 0.15) is 30.4 Å². The highest BCUT2D eigenvalue weighted by Gasteiger charge is 2.10. The molecule has 0 aliphatic rings. The van der Waals surface area contributed by atoms with E-state index in [1.807, 2.05) is 24.4 Å². The van der Waals surface area contributed by atoms with Crippen LogP contribution in [0, 0.1) is 13.8 Å². The van der Waals surface area contributed by atoms with Crippen LogP contribution in [0.25, 0.3) is 11.3 Å². The summed E-state index contributed by atoms with van der Waals surface area (Å²) < 4.78 is 4.54. The van der Waals surface area contributed by atoms with Crippen LogP contribution in [0.5, 0.6) is 0 Å². The Bertz CT molecular complexity index is 710. The Balaban J connectivity index is 1.94. The van der Waals surface area contributed by atoms with E-state index in [-0.39, 0.29) is 24.7 Å². The smallest absolute Gasteiger partial charge is 0.305 e. The number of thiazole rings is 1. The Morgan fingerprint density at radius 1 is 1.26 bits per heavy atom. The summed E-state index contributed by atoms with van der Waals surface area (Å²) in [6.07, 6.45) is 0.983. The molecule has 0 aliphatic heterocycles. The second kappa shape index (κ2) is 7.87. The molecule has 1 amide bonds. The molecule has 2 aromatic rings. The number of nitrogens with one attached hydrogen (secondary N) is 1. The van der Waals surface area contributed by atoms with Gasteiger partial charge in [-0.2, -0.15) is 0 Å². The Morgan fingerprint density at radius 3 is 2.74 bits per heavy atom. The Kier molecular flexibility index (Phi) is 5.87. The predicted molar refractivity (Wildman–Crippen MR) is 91.5 cm³/mol. The number of hydrogen-bond acceptors (Lipinski definition) is 5. The van der Waals surface area contributed by atoms with Gasteiger partial charge in [0.1, 0.15) is 0 Å². The SMILES string of the molecule is COC(=O)CCCC(=O)Nc1nc(-c2ccc(C)cc2C)cs1. The standard InChI is InChI=1S/C17H20N2O3S/c1-11-7-8-13(12(2)9-11)14-10-23-17(18-14)19-15(20)5-4-6-16(21)22-3/h7-10H,4-6H2,1-3H3,(H,18,19,20). The first-order chi connectivity index (χ1) is 11.0. The van der Waals surface area contributed by atoms with Crippen LogP contribution in [0.2, 0.25) is 0 Å². The average molecular weight is 332 g/mol. The van der Waals surface area contributed by atoms with Crippen molar-refractivity contribution in [3.63, 3.8) is 0 Å². The number of aromatic nitrogens is 1. The van der Waals surface area contributed by atoms with Crippen molar-refractivity contribution >= 4 is 28.3 Å². The van der Waals surface area contributed by atoms with E-state index >= 15 is 0 Å². The molecule has 0 fully saturated rings. The predicted octanol–water partition coefficient (Wildman–Crippen LogP) is 3.71. The molecule has 1 heterocycles. The third-order valence-corrected chi connectivity index (χ3v) is 4.18. The zero-order valence-electron chi connectivity index (χ0n) is 13.5. The number of methoxy groups -OCH3 is 1. The maximum absolute atomic E-state index is 11.8. The third kappa shape index (κ3) is 4.89. The molecule has 0 saturated heterocycles. The Hall–Kier alpha value is -2.21. The first kappa shape index (κ1) is 17.1. The molecule has 0 radical (unpaired) electrons. The van der Waals surface area contributed by atoms with E-state index in [1.165, 1.54) is 24.0 Å². The summed E-state index contributed by atoms with van der Waals surface area (Å²) in [5, 5.41) is 5.28. The third-order valence-electron chi connectivity index (χ3n) is 3.42. The van der Waals surface area contributed by atoms with Crippen molar-refractivity contribution in [2.45, 2.75) is 33.1 Å². The van der Waals surface area contributed by atoms with Crippen molar-refractivity contribution in [3.8, 4) is 11.3 Å². The van der Waals surface area contributed by atoms with E-state index < -0.39 is 0 Å².